The average molecular weight is 337 g/mol. The van der Waals surface area contributed by atoms with Crippen LogP contribution in [0.4, 0.5) is 5.69 Å². The second-order valence-corrected chi connectivity index (χ2v) is 5.41. The number of likely N-dealkylation sites (N-methyl/N-ethyl adjacent to an activating group) is 1. The zero-order valence-corrected chi connectivity index (χ0v) is 13.5. The Bertz CT molecular complexity index is 928. The monoisotopic (exact) mass is 337 g/mol. The molecule has 3 heterocycles. The van der Waals surface area contributed by atoms with Crippen LogP contribution in [-0.4, -0.2) is 29.2 Å². The molecule has 3 aromatic rings. The maximum Gasteiger partial charge on any atom is 0.265 e. The maximum atomic E-state index is 12.0. The van der Waals surface area contributed by atoms with Crippen molar-refractivity contribution in [1.82, 2.24) is 10.1 Å². The van der Waals surface area contributed by atoms with Crippen LogP contribution in [0.15, 0.2) is 45.5 Å². The van der Waals surface area contributed by atoms with Crippen LogP contribution in [0.3, 0.4) is 0 Å². The summed E-state index contributed by atoms with van der Waals surface area (Å²) in [4.78, 5) is 18.0. The number of fused-ring (bicyclic) bond motifs is 1. The van der Waals surface area contributed by atoms with Crippen LogP contribution in [0.5, 0.6) is 5.75 Å². The van der Waals surface area contributed by atoms with E-state index >= 15 is 0 Å². The predicted molar refractivity (Wildman–Crippen MR) is 90.9 cm³/mol. The van der Waals surface area contributed by atoms with Gasteiger partial charge in [0.15, 0.2) is 6.61 Å². The molecule has 0 bridgehead atoms. The van der Waals surface area contributed by atoms with Gasteiger partial charge in [-0.2, -0.15) is 4.98 Å². The van der Waals surface area contributed by atoms with Gasteiger partial charge in [-0.3, -0.25) is 4.79 Å². The van der Waals surface area contributed by atoms with Gasteiger partial charge in [-0.1, -0.05) is 5.16 Å². The second kappa shape index (κ2) is 6.27. The highest BCUT2D eigenvalue weighted by Crippen LogP contribution is 2.35. The standard InChI is InChI=1S/C18H15N3O4/c1-2-21-14-10-12(5-7-15(14)24-11-17(21)22)18-19-16(25-20-18)8-6-13-4-3-9-23-13/h3-10H,2,11H2,1H3. The van der Waals surface area contributed by atoms with Crippen LogP contribution in [0.25, 0.3) is 23.5 Å². The van der Waals surface area contributed by atoms with Crippen molar-refractivity contribution in [3.8, 4) is 17.1 Å². The first-order valence-electron chi connectivity index (χ1n) is 7.87. The molecule has 1 amide bonds. The van der Waals surface area contributed by atoms with E-state index in [9.17, 15) is 4.79 Å². The van der Waals surface area contributed by atoms with Gasteiger partial charge in [0.2, 0.25) is 5.82 Å². The molecule has 0 N–H and O–H groups in total. The van der Waals surface area contributed by atoms with Crippen molar-refractivity contribution < 1.29 is 18.5 Å². The fourth-order valence-electron chi connectivity index (χ4n) is 2.65. The van der Waals surface area contributed by atoms with Crippen LogP contribution in [-0.2, 0) is 4.79 Å². The van der Waals surface area contributed by atoms with Crippen LogP contribution >= 0.6 is 0 Å². The Kier molecular flexibility index (Phi) is 3.81. The molecule has 0 atom stereocenters. The van der Waals surface area contributed by atoms with Gasteiger partial charge in [-0.05, 0) is 43.3 Å². The molecular weight excluding hydrogens is 322 g/mol. The number of benzene rings is 1. The Morgan fingerprint density at radius 2 is 2.20 bits per heavy atom. The summed E-state index contributed by atoms with van der Waals surface area (Å²) < 4.78 is 15.9. The lowest BCUT2D eigenvalue weighted by atomic mass is 10.1. The maximum absolute atomic E-state index is 12.0. The van der Waals surface area contributed by atoms with E-state index in [4.69, 9.17) is 13.7 Å². The summed E-state index contributed by atoms with van der Waals surface area (Å²) in [6.45, 7) is 2.55. The molecule has 0 saturated heterocycles. The number of furan rings is 1. The first-order valence-corrected chi connectivity index (χ1v) is 7.87. The minimum absolute atomic E-state index is 0.0596. The smallest absolute Gasteiger partial charge is 0.265 e. The number of aromatic nitrogens is 2. The first kappa shape index (κ1) is 15.2. The Balaban J connectivity index is 1.63. The molecule has 25 heavy (non-hydrogen) atoms. The van der Waals surface area contributed by atoms with E-state index in [0.717, 1.165) is 5.56 Å². The van der Waals surface area contributed by atoms with E-state index in [1.807, 2.05) is 31.2 Å². The Morgan fingerprint density at radius 1 is 1.28 bits per heavy atom. The molecular formula is C18H15N3O4. The van der Waals surface area contributed by atoms with Crippen molar-refractivity contribution in [2.45, 2.75) is 6.92 Å². The molecule has 0 fully saturated rings. The largest absolute Gasteiger partial charge is 0.482 e. The van der Waals surface area contributed by atoms with E-state index < -0.39 is 0 Å². The molecule has 126 valence electrons. The fraction of sp³-hybridized carbons (Fsp3) is 0.167. The quantitative estimate of drug-likeness (QED) is 0.727. The third kappa shape index (κ3) is 2.91. The van der Waals surface area contributed by atoms with E-state index in [2.05, 4.69) is 10.1 Å². The zero-order chi connectivity index (χ0) is 17.2. The first-order chi connectivity index (χ1) is 12.2. The van der Waals surface area contributed by atoms with E-state index in [-0.39, 0.29) is 12.5 Å². The highest BCUT2D eigenvalue weighted by molar-refractivity contribution is 5.98. The van der Waals surface area contributed by atoms with E-state index in [0.29, 0.717) is 35.5 Å². The molecule has 1 aliphatic heterocycles. The van der Waals surface area contributed by atoms with E-state index in [1.165, 1.54) is 0 Å². The third-order valence-electron chi connectivity index (χ3n) is 3.85. The molecule has 0 aliphatic carbocycles. The van der Waals surface area contributed by atoms with Crippen LogP contribution in [0.2, 0.25) is 0 Å². The topological polar surface area (TPSA) is 81.6 Å². The number of rotatable bonds is 4. The van der Waals surface area contributed by atoms with Gasteiger partial charge < -0.3 is 18.6 Å². The summed E-state index contributed by atoms with van der Waals surface area (Å²) in [5.41, 5.74) is 1.46. The van der Waals surface area contributed by atoms with Crippen molar-refractivity contribution in [2.24, 2.45) is 0 Å². The van der Waals surface area contributed by atoms with Gasteiger partial charge in [0, 0.05) is 18.2 Å². The minimum atomic E-state index is -0.0673. The number of anilines is 1. The fourth-order valence-corrected chi connectivity index (χ4v) is 2.65. The van der Waals surface area contributed by atoms with Gasteiger partial charge >= 0.3 is 0 Å². The van der Waals surface area contributed by atoms with Crippen molar-refractivity contribution in [3.05, 3.63) is 48.2 Å². The molecule has 0 unspecified atom stereocenters. The van der Waals surface area contributed by atoms with Gasteiger partial charge in [-0.25, -0.2) is 0 Å². The number of amides is 1. The molecule has 1 aromatic carbocycles. The average Bonchev–Trinajstić information content (AvgIpc) is 3.31. The number of hydrogen-bond donors (Lipinski definition) is 0. The number of ether oxygens (including phenoxy) is 1. The molecule has 1 aliphatic rings. The van der Waals surface area contributed by atoms with Crippen molar-refractivity contribution in [3.63, 3.8) is 0 Å². The predicted octanol–water partition coefficient (Wildman–Crippen LogP) is 3.25. The summed E-state index contributed by atoms with van der Waals surface area (Å²) in [5.74, 6) is 2.11. The van der Waals surface area contributed by atoms with Crippen molar-refractivity contribution >= 4 is 23.7 Å². The second-order valence-electron chi connectivity index (χ2n) is 5.41. The van der Waals surface area contributed by atoms with Crippen LogP contribution in [0.1, 0.15) is 18.6 Å². The SMILES string of the molecule is CCN1C(=O)COc2ccc(-c3noc(C=Cc4ccco4)n3)cc21. The lowest BCUT2D eigenvalue weighted by molar-refractivity contribution is -0.121. The number of hydrogen-bond acceptors (Lipinski definition) is 6. The molecule has 7 nitrogen and oxygen atoms in total. The van der Waals surface area contributed by atoms with Gasteiger partial charge in [-0.15, -0.1) is 0 Å². The number of carbonyl (C=O) groups excluding carboxylic acids is 1. The molecule has 0 saturated carbocycles. The molecule has 0 spiro atoms. The molecule has 4 rings (SSSR count). The van der Waals surface area contributed by atoms with Gasteiger partial charge in [0.05, 0.1) is 12.0 Å². The summed E-state index contributed by atoms with van der Waals surface area (Å²) in [5, 5.41) is 3.99. The van der Waals surface area contributed by atoms with Crippen LogP contribution < -0.4 is 9.64 Å². The Morgan fingerprint density at radius 3 is 3.00 bits per heavy atom. The summed E-state index contributed by atoms with van der Waals surface area (Å²) in [6, 6.07) is 9.12. The van der Waals surface area contributed by atoms with Crippen molar-refractivity contribution in [1.29, 1.82) is 0 Å². The number of nitrogens with zero attached hydrogens (tertiary/aromatic N) is 3. The van der Waals surface area contributed by atoms with Gasteiger partial charge in [0.1, 0.15) is 11.5 Å². The van der Waals surface area contributed by atoms with Gasteiger partial charge in [0.25, 0.3) is 11.8 Å². The number of carbonyl (C=O) groups is 1. The van der Waals surface area contributed by atoms with E-state index in [1.54, 1.807) is 29.4 Å². The summed E-state index contributed by atoms with van der Waals surface area (Å²) in [7, 11) is 0. The normalized spacial score (nSPS) is 14.0. The zero-order valence-electron chi connectivity index (χ0n) is 13.5. The van der Waals surface area contributed by atoms with Crippen molar-refractivity contribution in [2.75, 3.05) is 18.1 Å². The highest BCUT2D eigenvalue weighted by atomic mass is 16.5. The molecule has 2 aromatic heterocycles. The lowest BCUT2D eigenvalue weighted by Crippen LogP contribution is -2.38. The Hall–Kier alpha value is -3.35. The Labute approximate surface area is 143 Å². The third-order valence-corrected chi connectivity index (χ3v) is 3.85. The lowest BCUT2D eigenvalue weighted by Gasteiger charge is -2.28. The molecule has 0 radical (unpaired) electrons. The molecule has 7 heteroatoms. The van der Waals surface area contributed by atoms with Crippen LogP contribution in [0, 0.1) is 0 Å². The summed E-state index contributed by atoms with van der Waals surface area (Å²) in [6.07, 6.45) is 5.02. The summed E-state index contributed by atoms with van der Waals surface area (Å²) >= 11 is 0. The minimum Gasteiger partial charge on any atom is -0.482 e. The highest BCUT2D eigenvalue weighted by Gasteiger charge is 2.25.